The van der Waals surface area contributed by atoms with E-state index in [-0.39, 0.29) is 0 Å². The number of ether oxygens (including phenoxy) is 2. The van der Waals surface area contributed by atoms with Crippen LogP contribution in [-0.2, 0) is 0 Å². The Morgan fingerprint density at radius 3 is 1.73 bits per heavy atom. The molecule has 0 amide bonds. The van der Waals surface area contributed by atoms with E-state index in [2.05, 4.69) is 46.6 Å². The van der Waals surface area contributed by atoms with Crippen molar-refractivity contribution in [1.82, 2.24) is 10.2 Å². The van der Waals surface area contributed by atoms with Crippen molar-refractivity contribution < 1.29 is 9.47 Å². The minimum Gasteiger partial charge on any atom is -0.497 e. The van der Waals surface area contributed by atoms with E-state index in [9.17, 15) is 0 Å². The summed E-state index contributed by atoms with van der Waals surface area (Å²) in [5.74, 6) is 1.63. The highest BCUT2D eigenvalue weighted by Gasteiger charge is 2.15. The Morgan fingerprint density at radius 1 is 0.533 bits per heavy atom. The predicted molar refractivity (Wildman–Crippen MR) is 121 cm³/mol. The van der Waals surface area contributed by atoms with E-state index >= 15 is 0 Å². The highest BCUT2D eigenvalue weighted by atomic mass is 16.5. The summed E-state index contributed by atoms with van der Waals surface area (Å²) in [5.41, 5.74) is 3.73. The van der Waals surface area contributed by atoms with Crippen molar-refractivity contribution in [1.29, 1.82) is 0 Å². The largest absolute Gasteiger partial charge is 0.497 e. The molecule has 0 saturated carbocycles. The summed E-state index contributed by atoms with van der Waals surface area (Å²) in [6.07, 6.45) is 0. The van der Waals surface area contributed by atoms with Gasteiger partial charge in [0.2, 0.25) is 0 Å². The molecule has 0 aliphatic rings. The average Bonchev–Trinajstić information content (AvgIpc) is 2.83. The molecule has 0 fully saturated rings. The minimum absolute atomic E-state index is 0.815. The van der Waals surface area contributed by atoms with E-state index in [1.54, 1.807) is 14.2 Å². The third-order valence-electron chi connectivity index (χ3n) is 5.40. The van der Waals surface area contributed by atoms with E-state index in [0.29, 0.717) is 0 Å². The molecule has 5 aromatic rings. The van der Waals surface area contributed by atoms with Crippen LogP contribution >= 0.6 is 0 Å². The molecule has 0 unspecified atom stereocenters. The number of fused-ring (bicyclic) bond motifs is 3. The SMILES string of the molecule is COc1ccc(-c2nnc(-c3ccc(OC)cc3)c3c2ccc2ccccc23)cc1. The molecule has 1 aromatic heterocycles. The monoisotopic (exact) mass is 392 g/mol. The molecule has 0 atom stereocenters. The van der Waals surface area contributed by atoms with Crippen LogP contribution in [0.25, 0.3) is 44.1 Å². The van der Waals surface area contributed by atoms with Gasteiger partial charge in [0.25, 0.3) is 0 Å². The predicted octanol–water partition coefficient (Wildman–Crippen LogP) is 6.13. The number of aromatic nitrogens is 2. The first-order chi connectivity index (χ1) is 14.8. The zero-order valence-electron chi connectivity index (χ0n) is 16.8. The molecule has 5 rings (SSSR count). The standard InChI is InChI=1S/C26H20N2O2/c1-29-20-12-7-18(8-13-20)25-23-16-11-17-5-3-4-6-22(17)24(23)26(28-27-25)19-9-14-21(30-2)15-10-19/h3-16H,1-2H3. The molecule has 0 bridgehead atoms. The zero-order valence-corrected chi connectivity index (χ0v) is 16.8. The highest BCUT2D eigenvalue weighted by molar-refractivity contribution is 6.16. The third-order valence-corrected chi connectivity index (χ3v) is 5.40. The molecule has 0 aliphatic heterocycles. The molecule has 0 spiro atoms. The summed E-state index contributed by atoms with van der Waals surface area (Å²) in [6, 6.07) is 28.5. The Labute approximate surface area is 174 Å². The molecule has 0 aliphatic carbocycles. The first-order valence-corrected chi connectivity index (χ1v) is 9.75. The van der Waals surface area contributed by atoms with E-state index in [1.807, 2.05) is 48.5 Å². The van der Waals surface area contributed by atoms with Gasteiger partial charge in [-0.25, -0.2) is 0 Å². The summed E-state index contributed by atoms with van der Waals surface area (Å²) < 4.78 is 10.6. The average molecular weight is 392 g/mol. The van der Waals surface area contributed by atoms with Gasteiger partial charge in [0, 0.05) is 21.9 Å². The van der Waals surface area contributed by atoms with Crippen molar-refractivity contribution >= 4 is 21.5 Å². The van der Waals surface area contributed by atoms with Crippen molar-refractivity contribution in [2.75, 3.05) is 14.2 Å². The van der Waals surface area contributed by atoms with Gasteiger partial charge in [0.1, 0.15) is 22.9 Å². The van der Waals surface area contributed by atoms with Gasteiger partial charge in [-0.1, -0.05) is 36.4 Å². The van der Waals surface area contributed by atoms with Crippen LogP contribution < -0.4 is 9.47 Å². The molecule has 1 heterocycles. The maximum atomic E-state index is 5.31. The number of nitrogens with zero attached hydrogens (tertiary/aromatic N) is 2. The number of hydrogen-bond acceptors (Lipinski definition) is 4. The van der Waals surface area contributed by atoms with Crippen LogP contribution in [-0.4, -0.2) is 24.4 Å². The van der Waals surface area contributed by atoms with E-state index in [1.165, 1.54) is 5.39 Å². The molecule has 4 heteroatoms. The van der Waals surface area contributed by atoms with Crippen molar-refractivity contribution in [3.05, 3.63) is 84.9 Å². The topological polar surface area (TPSA) is 44.2 Å². The summed E-state index contributed by atoms with van der Waals surface area (Å²) in [5, 5.41) is 13.8. The molecular weight excluding hydrogens is 372 g/mol. The number of rotatable bonds is 4. The van der Waals surface area contributed by atoms with Crippen molar-refractivity contribution in [3.8, 4) is 34.0 Å². The van der Waals surface area contributed by atoms with E-state index < -0.39 is 0 Å². The summed E-state index contributed by atoms with van der Waals surface area (Å²) in [4.78, 5) is 0. The van der Waals surface area contributed by atoms with E-state index in [4.69, 9.17) is 9.47 Å². The quantitative estimate of drug-likeness (QED) is 0.345. The minimum atomic E-state index is 0.815. The fraction of sp³-hybridized carbons (Fsp3) is 0.0769. The lowest BCUT2D eigenvalue weighted by Crippen LogP contribution is -1.96. The number of methoxy groups -OCH3 is 2. The van der Waals surface area contributed by atoms with Crippen LogP contribution in [0.15, 0.2) is 84.9 Å². The first kappa shape index (κ1) is 18.1. The molecule has 0 N–H and O–H groups in total. The van der Waals surface area contributed by atoms with Crippen LogP contribution in [0.1, 0.15) is 0 Å². The maximum absolute atomic E-state index is 5.31. The lowest BCUT2D eigenvalue weighted by atomic mass is 9.95. The summed E-state index contributed by atoms with van der Waals surface area (Å²) >= 11 is 0. The van der Waals surface area contributed by atoms with Crippen molar-refractivity contribution in [2.24, 2.45) is 0 Å². The Bertz CT molecular complexity index is 1340. The van der Waals surface area contributed by atoms with Gasteiger partial charge >= 0.3 is 0 Å². The van der Waals surface area contributed by atoms with Crippen molar-refractivity contribution in [2.45, 2.75) is 0 Å². The molecule has 0 radical (unpaired) electrons. The van der Waals surface area contributed by atoms with Gasteiger partial charge < -0.3 is 9.47 Å². The Balaban J connectivity index is 1.81. The second-order valence-corrected chi connectivity index (χ2v) is 7.06. The van der Waals surface area contributed by atoms with Gasteiger partial charge in [0.15, 0.2) is 0 Å². The van der Waals surface area contributed by atoms with Gasteiger partial charge in [-0.2, -0.15) is 0 Å². The van der Waals surface area contributed by atoms with Crippen LogP contribution in [0.4, 0.5) is 0 Å². The lowest BCUT2D eigenvalue weighted by Gasteiger charge is -2.13. The molecule has 0 saturated heterocycles. The first-order valence-electron chi connectivity index (χ1n) is 9.75. The molecule has 4 aromatic carbocycles. The van der Waals surface area contributed by atoms with Gasteiger partial charge in [0.05, 0.1) is 14.2 Å². The third kappa shape index (κ3) is 3.03. The summed E-state index contributed by atoms with van der Waals surface area (Å²) in [6.45, 7) is 0. The Morgan fingerprint density at radius 2 is 1.10 bits per heavy atom. The highest BCUT2D eigenvalue weighted by Crippen LogP contribution is 2.37. The lowest BCUT2D eigenvalue weighted by molar-refractivity contribution is 0.414. The summed E-state index contributed by atoms with van der Waals surface area (Å²) in [7, 11) is 3.33. The van der Waals surface area contributed by atoms with Gasteiger partial charge in [-0.05, 0) is 59.3 Å². The van der Waals surface area contributed by atoms with Gasteiger partial charge in [-0.3, -0.25) is 0 Å². The van der Waals surface area contributed by atoms with Crippen LogP contribution in [0, 0.1) is 0 Å². The van der Waals surface area contributed by atoms with Crippen LogP contribution in [0.3, 0.4) is 0 Å². The molecule has 146 valence electrons. The van der Waals surface area contributed by atoms with Crippen LogP contribution in [0.5, 0.6) is 11.5 Å². The fourth-order valence-corrected chi connectivity index (χ4v) is 3.84. The Kier molecular flexibility index (Phi) is 4.52. The second kappa shape index (κ2) is 7.48. The molecular formula is C26H20N2O2. The fourth-order valence-electron chi connectivity index (χ4n) is 3.84. The van der Waals surface area contributed by atoms with Gasteiger partial charge in [-0.15, -0.1) is 10.2 Å². The molecule has 30 heavy (non-hydrogen) atoms. The number of benzene rings is 4. The smallest absolute Gasteiger partial charge is 0.118 e. The number of hydrogen-bond donors (Lipinski definition) is 0. The normalized spacial score (nSPS) is 11.0. The second-order valence-electron chi connectivity index (χ2n) is 7.06. The zero-order chi connectivity index (χ0) is 20.5. The molecule has 4 nitrogen and oxygen atoms in total. The Hall–Kier alpha value is -3.92. The van der Waals surface area contributed by atoms with Crippen LogP contribution in [0.2, 0.25) is 0 Å². The maximum Gasteiger partial charge on any atom is 0.118 e. The van der Waals surface area contributed by atoms with E-state index in [0.717, 1.165) is 50.2 Å². The van der Waals surface area contributed by atoms with Crippen molar-refractivity contribution in [3.63, 3.8) is 0 Å².